The van der Waals surface area contributed by atoms with Crippen molar-refractivity contribution in [3.63, 3.8) is 0 Å². The Balaban J connectivity index is 2.16. The first-order valence-corrected chi connectivity index (χ1v) is 11.2. The van der Waals surface area contributed by atoms with Crippen LogP contribution in [-0.4, -0.2) is 42.1 Å². The van der Waals surface area contributed by atoms with E-state index in [2.05, 4.69) is 0 Å². The lowest BCUT2D eigenvalue weighted by molar-refractivity contribution is -0.129. The Hall–Kier alpha value is -2.51. The molecule has 3 aromatic rings. The van der Waals surface area contributed by atoms with Crippen molar-refractivity contribution in [1.82, 2.24) is 4.90 Å². The number of methoxy groups -OCH3 is 1. The first-order valence-electron chi connectivity index (χ1n) is 9.54. The van der Waals surface area contributed by atoms with E-state index in [9.17, 15) is 14.7 Å². The summed E-state index contributed by atoms with van der Waals surface area (Å²) in [5, 5.41) is 10.7. The van der Waals surface area contributed by atoms with Gasteiger partial charge in [-0.15, -0.1) is 23.1 Å². The summed E-state index contributed by atoms with van der Waals surface area (Å²) in [6.07, 6.45) is 0. The molecule has 1 aromatic heterocycles. The Kier molecular flexibility index (Phi) is 6.73. The van der Waals surface area contributed by atoms with E-state index in [4.69, 9.17) is 4.74 Å². The average molecular weight is 444 g/mol. The maximum atomic E-state index is 12.1. The number of nitrogens with zero attached hydrogens (tertiary/aromatic N) is 1. The van der Waals surface area contributed by atoms with Gasteiger partial charge in [-0.05, 0) is 37.1 Å². The molecule has 0 radical (unpaired) electrons. The molecule has 3 rings (SSSR count). The van der Waals surface area contributed by atoms with Crippen molar-refractivity contribution < 1.29 is 19.4 Å². The van der Waals surface area contributed by atoms with Gasteiger partial charge in [-0.3, -0.25) is 4.79 Å². The molecule has 0 aliphatic rings. The molecular formula is C23H25NO4S2. The number of fused-ring (bicyclic) bond motifs is 1. The number of amides is 1. The summed E-state index contributed by atoms with van der Waals surface area (Å²) < 4.78 is 6.29. The third kappa shape index (κ3) is 4.32. The molecular weight excluding hydrogens is 418 g/mol. The SMILES string of the molecule is COc1cc2sc(C(=O)O)c(SC(c3ccccc3)C(C)N(C)C(C)=O)c2cc1C. The van der Waals surface area contributed by atoms with E-state index in [-0.39, 0.29) is 17.2 Å². The van der Waals surface area contributed by atoms with Crippen LogP contribution in [0.2, 0.25) is 0 Å². The number of aryl methyl sites for hydroxylation is 1. The number of ether oxygens (including phenoxy) is 1. The summed E-state index contributed by atoms with van der Waals surface area (Å²) in [5.74, 6) is -0.241. The number of benzene rings is 2. The molecule has 7 heteroatoms. The lowest BCUT2D eigenvalue weighted by atomic mass is 10.1. The molecule has 0 aliphatic carbocycles. The average Bonchev–Trinajstić information content (AvgIpc) is 3.08. The van der Waals surface area contributed by atoms with Gasteiger partial charge in [0.1, 0.15) is 10.6 Å². The standard InChI is InChI=1S/C23H25NO4S2/c1-13-11-17-19(12-18(13)28-5)29-22(23(26)27)21(17)30-20(14(2)24(4)15(3)25)16-9-7-6-8-10-16/h6-12,14,20H,1-5H3,(H,26,27). The first kappa shape index (κ1) is 22.2. The second-order valence-electron chi connectivity index (χ2n) is 7.20. The fourth-order valence-corrected chi connectivity index (χ4v) is 6.09. The van der Waals surface area contributed by atoms with Crippen LogP contribution in [0, 0.1) is 6.92 Å². The molecule has 1 N–H and O–H groups in total. The fourth-order valence-electron chi connectivity index (χ4n) is 3.39. The van der Waals surface area contributed by atoms with Crippen molar-refractivity contribution >= 4 is 45.1 Å². The minimum absolute atomic E-state index is 0.0294. The molecule has 0 saturated heterocycles. The van der Waals surface area contributed by atoms with Gasteiger partial charge in [-0.1, -0.05) is 30.3 Å². The van der Waals surface area contributed by atoms with Gasteiger partial charge in [0.2, 0.25) is 5.91 Å². The van der Waals surface area contributed by atoms with E-state index >= 15 is 0 Å². The monoisotopic (exact) mass is 443 g/mol. The number of carboxylic acid groups (broad SMARTS) is 1. The van der Waals surface area contributed by atoms with Crippen LogP contribution in [-0.2, 0) is 4.79 Å². The molecule has 0 aliphatic heterocycles. The Morgan fingerprint density at radius 2 is 1.87 bits per heavy atom. The van der Waals surface area contributed by atoms with Crippen molar-refractivity contribution in [1.29, 1.82) is 0 Å². The van der Waals surface area contributed by atoms with Crippen LogP contribution in [0.15, 0.2) is 47.4 Å². The largest absolute Gasteiger partial charge is 0.496 e. The van der Waals surface area contributed by atoms with Gasteiger partial charge in [-0.2, -0.15) is 0 Å². The minimum atomic E-state index is -0.949. The van der Waals surface area contributed by atoms with Crippen molar-refractivity contribution in [2.45, 2.75) is 37.0 Å². The Morgan fingerprint density at radius 1 is 1.20 bits per heavy atom. The highest BCUT2D eigenvalue weighted by Gasteiger charge is 2.29. The number of carboxylic acids is 1. The van der Waals surface area contributed by atoms with Crippen LogP contribution in [0.3, 0.4) is 0 Å². The van der Waals surface area contributed by atoms with E-state index in [1.54, 1.807) is 26.0 Å². The lowest BCUT2D eigenvalue weighted by Crippen LogP contribution is -2.36. The molecule has 5 nitrogen and oxygen atoms in total. The summed E-state index contributed by atoms with van der Waals surface area (Å²) in [6.45, 7) is 5.49. The number of carbonyl (C=O) groups is 2. The summed E-state index contributed by atoms with van der Waals surface area (Å²) in [4.78, 5) is 26.8. The molecule has 2 unspecified atom stereocenters. The number of rotatable bonds is 7. The zero-order valence-corrected chi connectivity index (χ0v) is 19.3. The van der Waals surface area contributed by atoms with Crippen LogP contribution in [0.1, 0.15) is 39.9 Å². The number of likely N-dealkylation sites (N-methyl/N-ethyl adjacent to an activating group) is 1. The fraction of sp³-hybridized carbons (Fsp3) is 0.304. The van der Waals surface area contributed by atoms with E-state index in [0.717, 1.165) is 31.9 Å². The highest BCUT2D eigenvalue weighted by atomic mass is 32.2. The highest BCUT2D eigenvalue weighted by Crippen LogP contribution is 2.48. The van der Waals surface area contributed by atoms with E-state index in [0.29, 0.717) is 4.88 Å². The summed E-state index contributed by atoms with van der Waals surface area (Å²) in [7, 11) is 3.39. The van der Waals surface area contributed by atoms with Crippen molar-refractivity contribution in [3.8, 4) is 5.75 Å². The summed E-state index contributed by atoms with van der Waals surface area (Å²) in [5.41, 5.74) is 2.00. The lowest BCUT2D eigenvalue weighted by Gasteiger charge is -2.31. The highest BCUT2D eigenvalue weighted by molar-refractivity contribution is 8.00. The third-order valence-corrected chi connectivity index (χ3v) is 8.12. The number of thiophene rings is 1. The number of hydrogen-bond acceptors (Lipinski definition) is 5. The third-order valence-electron chi connectivity index (χ3n) is 5.27. The van der Waals surface area contributed by atoms with Gasteiger partial charge in [0.05, 0.1) is 12.4 Å². The molecule has 0 saturated carbocycles. The van der Waals surface area contributed by atoms with Gasteiger partial charge >= 0.3 is 5.97 Å². The maximum absolute atomic E-state index is 12.1. The normalized spacial score (nSPS) is 13.1. The van der Waals surface area contributed by atoms with Gasteiger partial charge in [-0.25, -0.2) is 4.79 Å². The molecule has 0 fully saturated rings. The predicted molar refractivity (Wildman–Crippen MR) is 123 cm³/mol. The van der Waals surface area contributed by atoms with E-state index in [1.165, 1.54) is 23.1 Å². The van der Waals surface area contributed by atoms with Crippen LogP contribution >= 0.6 is 23.1 Å². The van der Waals surface area contributed by atoms with Crippen LogP contribution in [0.25, 0.3) is 10.1 Å². The van der Waals surface area contributed by atoms with Crippen LogP contribution in [0.5, 0.6) is 5.75 Å². The second kappa shape index (κ2) is 9.10. The van der Waals surface area contributed by atoms with Crippen molar-refractivity contribution in [2.24, 2.45) is 0 Å². The van der Waals surface area contributed by atoms with Crippen LogP contribution in [0.4, 0.5) is 0 Å². The van der Waals surface area contributed by atoms with Crippen molar-refractivity contribution in [3.05, 3.63) is 58.5 Å². The molecule has 0 spiro atoms. The van der Waals surface area contributed by atoms with E-state index in [1.807, 2.05) is 56.3 Å². The van der Waals surface area contributed by atoms with Crippen molar-refractivity contribution in [2.75, 3.05) is 14.2 Å². The molecule has 158 valence electrons. The number of thioether (sulfide) groups is 1. The van der Waals surface area contributed by atoms with Gasteiger partial charge in [0, 0.05) is 35.0 Å². The Labute approximate surface area is 184 Å². The molecule has 2 atom stereocenters. The number of aromatic carboxylic acids is 1. The molecule has 2 aromatic carbocycles. The number of carbonyl (C=O) groups excluding carboxylic acids is 1. The Bertz CT molecular complexity index is 1080. The smallest absolute Gasteiger partial charge is 0.347 e. The maximum Gasteiger partial charge on any atom is 0.347 e. The Morgan fingerprint density at radius 3 is 2.43 bits per heavy atom. The summed E-state index contributed by atoms with van der Waals surface area (Å²) >= 11 is 2.76. The van der Waals surface area contributed by atoms with Gasteiger partial charge < -0.3 is 14.7 Å². The zero-order valence-electron chi connectivity index (χ0n) is 17.6. The minimum Gasteiger partial charge on any atom is -0.496 e. The van der Waals surface area contributed by atoms with E-state index < -0.39 is 5.97 Å². The molecule has 1 amide bonds. The summed E-state index contributed by atoms with van der Waals surface area (Å²) in [6, 6.07) is 13.7. The molecule has 0 bridgehead atoms. The predicted octanol–water partition coefficient (Wildman–Crippen LogP) is 5.62. The molecule has 30 heavy (non-hydrogen) atoms. The first-order chi connectivity index (χ1) is 14.2. The van der Waals surface area contributed by atoms with Crippen LogP contribution < -0.4 is 4.74 Å². The molecule has 1 heterocycles. The quantitative estimate of drug-likeness (QED) is 0.480. The zero-order chi connectivity index (χ0) is 22.0. The topological polar surface area (TPSA) is 66.8 Å². The van der Waals surface area contributed by atoms with Gasteiger partial charge in [0.15, 0.2) is 0 Å². The second-order valence-corrected chi connectivity index (χ2v) is 9.41. The van der Waals surface area contributed by atoms with Gasteiger partial charge in [0.25, 0.3) is 0 Å². The number of hydrogen-bond donors (Lipinski definition) is 1.